The predicted octanol–water partition coefficient (Wildman–Crippen LogP) is 10.8. The first-order valence-corrected chi connectivity index (χ1v) is 19.6. The normalized spacial score (nSPS) is 16.8. The Balaban J connectivity index is 0.000000585. The fourth-order valence-electron chi connectivity index (χ4n) is 6.21. The molecule has 284 valence electrons. The van der Waals surface area contributed by atoms with Gasteiger partial charge in [0, 0.05) is 26.1 Å². The van der Waals surface area contributed by atoms with Crippen LogP contribution in [-0.4, -0.2) is 63.3 Å². The van der Waals surface area contributed by atoms with E-state index in [0.717, 1.165) is 58.0 Å². The van der Waals surface area contributed by atoms with Crippen molar-refractivity contribution in [2.45, 2.75) is 144 Å². The van der Waals surface area contributed by atoms with Crippen LogP contribution < -0.4 is 5.32 Å². The molecule has 1 atom stereocenters. The van der Waals surface area contributed by atoms with Crippen molar-refractivity contribution in [1.82, 2.24) is 10.2 Å². The van der Waals surface area contributed by atoms with E-state index in [9.17, 15) is 9.59 Å². The molecule has 1 heterocycles. The summed E-state index contributed by atoms with van der Waals surface area (Å²) in [6.45, 7) is 22.8. The molecule has 6 heteroatoms. The van der Waals surface area contributed by atoms with Crippen molar-refractivity contribution >= 4 is 11.9 Å². The Hall–Kier alpha value is -2.70. The summed E-state index contributed by atoms with van der Waals surface area (Å²) in [6.07, 6.45) is 29.6. The number of hydrogen-bond donors (Lipinski definition) is 1. The van der Waals surface area contributed by atoms with Gasteiger partial charge in [0.1, 0.15) is 0 Å². The van der Waals surface area contributed by atoms with Crippen molar-refractivity contribution in [1.29, 1.82) is 0 Å². The molecule has 0 aromatic heterocycles. The molecule has 0 spiro atoms. The van der Waals surface area contributed by atoms with Crippen molar-refractivity contribution in [2.75, 3.05) is 46.5 Å². The smallest absolute Gasteiger partial charge is 0.306 e. The molecule has 1 N–H and O–H groups in total. The Kier molecular flexibility index (Phi) is 26.2. The van der Waals surface area contributed by atoms with E-state index < -0.39 is 0 Å². The second-order valence-electron chi connectivity index (χ2n) is 14.8. The number of carbonyl (C=O) groups excluding carboxylic acids is 2. The van der Waals surface area contributed by atoms with Crippen LogP contribution in [0, 0.1) is 5.92 Å². The number of carbonyl (C=O) groups is 2. The topological polar surface area (TPSA) is 67.9 Å². The molecule has 2 aliphatic rings. The third kappa shape index (κ3) is 26.2. The van der Waals surface area contributed by atoms with Crippen molar-refractivity contribution < 1.29 is 19.1 Å². The molecule has 1 fully saturated rings. The van der Waals surface area contributed by atoms with Crippen LogP contribution >= 0.6 is 0 Å². The second-order valence-corrected chi connectivity index (χ2v) is 14.8. The summed E-state index contributed by atoms with van der Waals surface area (Å²) in [7, 11) is 1.32. The molecule has 0 radical (unpaired) electrons. The van der Waals surface area contributed by atoms with E-state index in [2.05, 4.69) is 93.5 Å². The molecule has 1 aliphatic heterocycles. The van der Waals surface area contributed by atoms with Gasteiger partial charge in [0.25, 0.3) is 0 Å². The van der Waals surface area contributed by atoms with Gasteiger partial charge in [0.05, 0.1) is 26.7 Å². The van der Waals surface area contributed by atoms with Gasteiger partial charge < -0.3 is 14.8 Å². The van der Waals surface area contributed by atoms with Gasteiger partial charge in [-0.25, -0.2) is 0 Å². The number of allylic oxidation sites excluding steroid dienone is 11. The van der Waals surface area contributed by atoms with Crippen molar-refractivity contribution in [3.8, 4) is 0 Å². The van der Waals surface area contributed by atoms with Gasteiger partial charge in [0.15, 0.2) is 0 Å². The first-order chi connectivity index (χ1) is 24.0. The fraction of sp³-hybridized carbons (Fsp3) is 0.682. The standard InChI is InChI=1S/C32H52.C12H22N2O4/c1-26(2)13-8-15-28(5)17-10-18-30(7)23-24-32-22-12-21-31(25-32)20-11-19-29(6)16-9-14-27(3)4;1-17-12(16)4-3-11(15)13-5-2-6-14-7-9-18-10-8-14/h13-14,17,19,25,32H,7-12,15-16,18,20-24H2,1-6H3;2-10H2,1H3,(H,13,15)/b28-17+,29-19+;/t32-;/m0./s1. The highest BCUT2D eigenvalue weighted by Gasteiger charge is 2.14. The van der Waals surface area contributed by atoms with Crippen LogP contribution in [0.15, 0.2) is 70.4 Å². The van der Waals surface area contributed by atoms with E-state index in [1.165, 1.54) is 100 Å². The van der Waals surface area contributed by atoms with Crippen LogP contribution in [0.3, 0.4) is 0 Å². The van der Waals surface area contributed by atoms with Gasteiger partial charge in [0.2, 0.25) is 5.91 Å². The van der Waals surface area contributed by atoms with Gasteiger partial charge in [-0.15, -0.1) is 0 Å². The molecule has 1 aliphatic carbocycles. The minimum atomic E-state index is -0.349. The predicted molar refractivity (Wildman–Crippen MR) is 213 cm³/mol. The zero-order valence-electron chi connectivity index (χ0n) is 33.3. The maximum absolute atomic E-state index is 11.4. The Morgan fingerprint density at radius 1 is 0.860 bits per heavy atom. The molecule has 0 aromatic carbocycles. The van der Waals surface area contributed by atoms with Crippen LogP contribution in [-0.2, 0) is 19.1 Å². The number of morpholine rings is 1. The van der Waals surface area contributed by atoms with Gasteiger partial charge in [-0.1, -0.05) is 70.4 Å². The highest BCUT2D eigenvalue weighted by atomic mass is 16.5. The van der Waals surface area contributed by atoms with E-state index in [1.54, 1.807) is 11.1 Å². The zero-order valence-corrected chi connectivity index (χ0v) is 33.3. The third-order valence-electron chi connectivity index (χ3n) is 9.41. The van der Waals surface area contributed by atoms with Gasteiger partial charge in [-0.2, -0.15) is 0 Å². The minimum Gasteiger partial charge on any atom is -0.469 e. The Labute approximate surface area is 307 Å². The lowest BCUT2D eigenvalue weighted by Crippen LogP contribution is -2.38. The zero-order chi connectivity index (χ0) is 37.0. The Bertz CT molecular complexity index is 1130. The largest absolute Gasteiger partial charge is 0.469 e. The molecule has 0 saturated carbocycles. The van der Waals surface area contributed by atoms with Gasteiger partial charge in [-0.3, -0.25) is 14.5 Å². The monoisotopic (exact) mass is 695 g/mol. The van der Waals surface area contributed by atoms with E-state index in [-0.39, 0.29) is 24.7 Å². The molecule has 1 amide bonds. The maximum atomic E-state index is 11.4. The van der Waals surface area contributed by atoms with Crippen LogP contribution in [0.4, 0.5) is 0 Å². The molecular weight excluding hydrogens is 620 g/mol. The number of amides is 1. The molecule has 0 bridgehead atoms. The molecule has 0 aromatic rings. The third-order valence-corrected chi connectivity index (χ3v) is 9.41. The van der Waals surface area contributed by atoms with Gasteiger partial charge in [-0.05, 0) is 144 Å². The fourth-order valence-corrected chi connectivity index (χ4v) is 6.21. The first-order valence-electron chi connectivity index (χ1n) is 19.6. The van der Waals surface area contributed by atoms with Crippen molar-refractivity contribution in [2.24, 2.45) is 5.92 Å². The number of rotatable bonds is 22. The summed E-state index contributed by atoms with van der Waals surface area (Å²) >= 11 is 0. The summed E-state index contributed by atoms with van der Waals surface area (Å²) < 4.78 is 9.72. The van der Waals surface area contributed by atoms with Crippen LogP contribution in [0.5, 0.6) is 0 Å². The molecule has 0 unspecified atom stereocenters. The van der Waals surface area contributed by atoms with Crippen LogP contribution in [0.25, 0.3) is 0 Å². The number of nitrogens with zero attached hydrogens (tertiary/aromatic N) is 1. The van der Waals surface area contributed by atoms with E-state index >= 15 is 0 Å². The lowest BCUT2D eigenvalue weighted by molar-refractivity contribution is -0.142. The highest BCUT2D eigenvalue weighted by molar-refractivity contribution is 5.81. The lowest BCUT2D eigenvalue weighted by atomic mass is 9.85. The van der Waals surface area contributed by atoms with E-state index in [1.807, 2.05) is 0 Å². The highest BCUT2D eigenvalue weighted by Crippen LogP contribution is 2.30. The number of hydrogen-bond acceptors (Lipinski definition) is 5. The van der Waals surface area contributed by atoms with Crippen molar-refractivity contribution in [3.63, 3.8) is 0 Å². The van der Waals surface area contributed by atoms with Crippen LogP contribution in [0.2, 0.25) is 0 Å². The number of nitrogens with one attached hydrogen (secondary N) is 1. The quantitative estimate of drug-likeness (QED) is 0.0694. The lowest BCUT2D eigenvalue weighted by Gasteiger charge is -2.26. The molecular formula is C44H74N2O4. The summed E-state index contributed by atoms with van der Waals surface area (Å²) in [4.78, 5) is 24.5. The number of ether oxygens (including phenoxy) is 2. The molecule has 6 nitrogen and oxygen atoms in total. The second kappa shape index (κ2) is 28.9. The summed E-state index contributed by atoms with van der Waals surface area (Å²) in [5.74, 6) is 0.334. The summed E-state index contributed by atoms with van der Waals surface area (Å²) in [5.41, 5.74) is 9.07. The first kappa shape index (κ1) is 45.3. The minimum absolute atomic E-state index is 0.0950. The van der Waals surface area contributed by atoms with Crippen molar-refractivity contribution in [3.05, 3.63) is 70.4 Å². The Morgan fingerprint density at radius 2 is 1.48 bits per heavy atom. The van der Waals surface area contributed by atoms with E-state index in [0.29, 0.717) is 6.54 Å². The number of esters is 1. The average Bonchev–Trinajstić information content (AvgIpc) is 3.09. The molecule has 2 rings (SSSR count). The van der Waals surface area contributed by atoms with Gasteiger partial charge >= 0.3 is 5.97 Å². The molecule has 1 saturated heterocycles. The number of methoxy groups -OCH3 is 1. The summed E-state index contributed by atoms with van der Waals surface area (Å²) in [6, 6.07) is 0. The maximum Gasteiger partial charge on any atom is 0.306 e. The Morgan fingerprint density at radius 3 is 2.10 bits per heavy atom. The summed E-state index contributed by atoms with van der Waals surface area (Å²) in [5, 5.41) is 2.80. The van der Waals surface area contributed by atoms with Crippen LogP contribution in [0.1, 0.15) is 144 Å². The molecule has 50 heavy (non-hydrogen) atoms. The van der Waals surface area contributed by atoms with E-state index in [4.69, 9.17) is 4.74 Å². The average molecular weight is 695 g/mol. The SMILES string of the molecule is C=C(CC/C=C(\C)CCC=C(C)C)CC[C@H]1C=C(CC/C=C(\C)CCC=C(C)C)CCC1.COC(=O)CCC(=O)NCCCN1CCOCC1.